The lowest BCUT2D eigenvalue weighted by atomic mass is 10.1. The van der Waals surface area contributed by atoms with Gasteiger partial charge in [-0.2, -0.15) is 0 Å². The molecule has 0 aliphatic carbocycles. The molecule has 0 bridgehead atoms. The number of nitrogens with zero attached hydrogens (tertiary/aromatic N) is 2. The summed E-state index contributed by atoms with van der Waals surface area (Å²) in [6.45, 7) is 3.92. The van der Waals surface area contributed by atoms with Crippen LogP contribution in [0.2, 0.25) is 5.15 Å². The van der Waals surface area contributed by atoms with Gasteiger partial charge in [0.25, 0.3) is 0 Å². The molecule has 0 saturated carbocycles. The molecule has 1 aromatic rings. The van der Waals surface area contributed by atoms with Crippen LogP contribution in [0.4, 0.5) is 0 Å². The predicted octanol–water partition coefficient (Wildman–Crippen LogP) is 1.80. The van der Waals surface area contributed by atoms with Crippen molar-refractivity contribution in [1.29, 1.82) is 0 Å². The first-order valence-electron chi connectivity index (χ1n) is 4.49. The number of halogens is 1. The van der Waals surface area contributed by atoms with E-state index in [1.807, 2.05) is 13.8 Å². The first-order chi connectivity index (χ1) is 6.78. The van der Waals surface area contributed by atoms with Crippen LogP contribution in [0.5, 0.6) is 0 Å². The van der Waals surface area contributed by atoms with Crippen LogP contribution in [0.1, 0.15) is 31.3 Å². The number of rotatable bonds is 3. The number of hydrogen-bond acceptors (Lipinski definition) is 4. The smallest absolute Gasteiger partial charge is 0.154 e. The summed E-state index contributed by atoms with van der Waals surface area (Å²) >= 11 is 5.78. The highest BCUT2D eigenvalue weighted by molar-refractivity contribution is 7.89. The van der Waals surface area contributed by atoms with Crippen molar-refractivity contribution in [3.8, 4) is 0 Å². The van der Waals surface area contributed by atoms with E-state index in [0.29, 0.717) is 0 Å². The molecule has 0 saturated heterocycles. The SMILES string of the molecule is CC(C)c1cc(Cl)nc(CS(C)(=O)=O)n1. The maximum absolute atomic E-state index is 11.1. The van der Waals surface area contributed by atoms with Crippen molar-refractivity contribution < 1.29 is 8.42 Å². The van der Waals surface area contributed by atoms with E-state index in [0.717, 1.165) is 11.9 Å². The van der Waals surface area contributed by atoms with E-state index in [9.17, 15) is 8.42 Å². The number of hydrogen-bond donors (Lipinski definition) is 0. The highest BCUT2D eigenvalue weighted by Crippen LogP contribution is 2.16. The van der Waals surface area contributed by atoms with E-state index >= 15 is 0 Å². The Morgan fingerprint density at radius 2 is 2.00 bits per heavy atom. The minimum atomic E-state index is -3.12. The second kappa shape index (κ2) is 4.45. The average molecular weight is 249 g/mol. The van der Waals surface area contributed by atoms with E-state index in [2.05, 4.69) is 9.97 Å². The molecule has 0 fully saturated rings. The molecule has 1 aromatic heterocycles. The summed E-state index contributed by atoms with van der Waals surface area (Å²) in [4.78, 5) is 8.02. The van der Waals surface area contributed by atoms with E-state index in [-0.39, 0.29) is 22.6 Å². The number of sulfone groups is 1. The van der Waals surface area contributed by atoms with Gasteiger partial charge >= 0.3 is 0 Å². The fraction of sp³-hybridized carbons (Fsp3) is 0.556. The Morgan fingerprint density at radius 1 is 1.40 bits per heavy atom. The van der Waals surface area contributed by atoms with Crippen LogP contribution < -0.4 is 0 Å². The van der Waals surface area contributed by atoms with Crippen molar-refractivity contribution >= 4 is 21.4 Å². The third-order valence-corrected chi connectivity index (χ3v) is 2.72. The molecule has 0 amide bonds. The molecule has 4 nitrogen and oxygen atoms in total. The standard InChI is InChI=1S/C9H13ClN2O2S/c1-6(2)7-4-8(10)12-9(11-7)5-15(3,13)14/h4,6H,5H2,1-3H3. The first-order valence-corrected chi connectivity index (χ1v) is 6.93. The third-order valence-electron chi connectivity index (χ3n) is 1.74. The molecule has 0 atom stereocenters. The summed E-state index contributed by atoms with van der Waals surface area (Å²) in [6.07, 6.45) is 1.15. The molecule has 0 spiro atoms. The molecule has 0 N–H and O–H groups in total. The zero-order valence-corrected chi connectivity index (χ0v) is 10.4. The Balaban J connectivity index is 3.10. The molecule has 84 valence electrons. The van der Waals surface area contributed by atoms with Gasteiger partial charge in [-0.1, -0.05) is 25.4 Å². The Labute approximate surface area is 94.6 Å². The molecule has 1 heterocycles. The van der Waals surface area contributed by atoms with Crippen LogP contribution in [-0.2, 0) is 15.6 Å². The maximum Gasteiger partial charge on any atom is 0.154 e. The maximum atomic E-state index is 11.1. The van der Waals surface area contributed by atoms with Crippen LogP contribution in [0.15, 0.2) is 6.07 Å². The van der Waals surface area contributed by atoms with Crippen LogP contribution >= 0.6 is 11.6 Å². The topological polar surface area (TPSA) is 59.9 Å². The molecule has 0 aromatic carbocycles. The summed E-state index contributed by atoms with van der Waals surface area (Å²) in [6, 6.07) is 1.65. The molecule has 0 unspecified atom stereocenters. The molecular formula is C9H13ClN2O2S. The van der Waals surface area contributed by atoms with Crippen molar-refractivity contribution in [2.45, 2.75) is 25.5 Å². The third kappa shape index (κ3) is 4.13. The molecule has 6 heteroatoms. The van der Waals surface area contributed by atoms with Crippen molar-refractivity contribution in [1.82, 2.24) is 9.97 Å². The van der Waals surface area contributed by atoms with Crippen molar-refractivity contribution in [2.24, 2.45) is 0 Å². The minimum Gasteiger partial charge on any atom is -0.236 e. The molecular weight excluding hydrogens is 236 g/mol. The van der Waals surface area contributed by atoms with Crippen LogP contribution in [0.3, 0.4) is 0 Å². The van der Waals surface area contributed by atoms with Gasteiger partial charge in [-0.15, -0.1) is 0 Å². The quantitative estimate of drug-likeness (QED) is 0.766. The highest BCUT2D eigenvalue weighted by Gasteiger charge is 2.11. The van der Waals surface area contributed by atoms with Crippen LogP contribution in [0, 0.1) is 0 Å². The van der Waals surface area contributed by atoms with Gasteiger partial charge in [0.2, 0.25) is 0 Å². The van der Waals surface area contributed by atoms with E-state index in [4.69, 9.17) is 11.6 Å². The fourth-order valence-electron chi connectivity index (χ4n) is 1.08. The van der Waals surface area contributed by atoms with Gasteiger partial charge in [0.1, 0.15) is 16.7 Å². The Kier molecular flexibility index (Phi) is 3.67. The zero-order chi connectivity index (χ0) is 11.6. The first kappa shape index (κ1) is 12.4. The summed E-state index contributed by atoms with van der Waals surface area (Å²) in [7, 11) is -3.12. The Morgan fingerprint density at radius 3 is 2.47 bits per heavy atom. The van der Waals surface area contributed by atoms with Gasteiger partial charge in [-0.25, -0.2) is 18.4 Å². The van der Waals surface area contributed by atoms with Gasteiger partial charge in [0.15, 0.2) is 9.84 Å². The van der Waals surface area contributed by atoms with Crippen LogP contribution in [-0.4, -0.2) is 24.6 Å². The second-order valence-electron chi connectivity index (χ2n) is 3.76. The molecule has 0 aliphatic heterocycles. The largest absolute Gasteiger partial charge is 0.236 e. The second-order valence-corrected chi connectivity index (χ2v) is 6.28. The van der Waals surface area contributed by atoms with Gasteiger partial charge < -0.3 is 0 Å². The lowest BCUT2D eigenvalue weighted by Gasteiger charge is -2.06. The monoisotopic (exact) mass is 248 g/mol. The summed E-state index contributed by atoms with van der Waals surface area (Å²) < 4.78 is 22.1. The highest BCUT2D eigenvalue weighted by atomic mass is 35.5. The van der Waals surface area contributed by atoms with Gasteiger partial charge in [-0.05, 0) is 12.0 Å². The molecule has 15 heavy (non-hydrogen) atoms. The fourth-order valence-corrected chi connectivity index (χ4v) is 1.89. The zero-order valence-electron chi connectivity index (χ0n) is 8.86. The summed E-state index contributed by atoms with van der Waals surface area (Å²) in [5, 5.41) is 0.285. The lowest BCUT2D eigenvalue weighted by Crippen LogP contribution is -2.07. The van der Waals surface area contributed by atoms with E-state index in [1.54, 1.807) is 6.07 Å². The van der Waals surface area contributed by atoms with Crippen LogP contribution in [0.25, 0.3) is 0 Å². The predicted molar refractivity (Wildman–Crippen MR) is 59.7 cm³/mol. The average Bonchev–Trinajstić information content (AvgIpc) is 1.99. The minimum absolute atomic E-state index is 0.173. The number of aromatic nitrogens is 2. The molecule has 1 rings (SSSR count). The molecule has 0 radical (unpaired) electrons. The van der Waals surface area contributed by atoms with Crippen molar-refractivity contribution in [3.05, 3.63) is 22.7 Å². The van der Waals surface area contributed by atoms with Gasteiger partial charge in [0.05, 0.1) is 0 Å². The molecule has 0 aliphatic rings. The lowest BCUT2D eigenvalue weighted by molar-refractivity contribution is 0.599. The van der Waals surface area contributed by atoms with E-state index in [1.165, 1.54) is 0 Å². The van der Waals surface area contributed by atoms with E-state index < -0.39 is 9.84 Å². The van der Waals surface area contributed by atoms with Gasteiger partial charge in [-0.3, -0.25) is 0 Å². The summed E-state index contributed by atoms with van der Waals surface area (Å²) in [5.74, 6) is 0.283. The Bertz CT molecular complexity index is 457. The summed E-state index contributed by atoms with van der Waals surface area (Å²) in [5.41, 5.74) is 0.758. The Hall–Kier alpha value is -0.680. The van der Waals surface area contributed by atoms with Crippen molar-refractivity contribution in [3.63, 3.8) is 0 Å². The van der Waals surface area contributed by atoms with Gasteiger partial charge in [0, 0.05) is 11.9 Å². The van der Waals surface area contributed by atoms with Crippen molar-refractivity contribution in [2.75, 3.05) is 6.26 Å². The normalized spacial score (nSPS) is 12.1.